The van der Waals surface area contributed by atoms with Crippen molar-refractivity contribution in [2.24, 2.45) is 11.8 Å². The van der Waals surface area contributed by atoms with E-state index < -0.39 is 5.97 Å². The monoisotopic (exact) mass is 241 g/mol. The Morgan fingerprint density at radius 1 is 1.24 bits per heavy atom. The van der Waals surface area contributed by atoms with Gasteiger partial charge in [-0.15, -0.1) is 0 Å². The van der Waals surface area contributed by atoms with Crippen molar-refractivity contribution in [1.29, 1.82) is 0 Å². The molecule has 1 atom stereocenters. The Balaban J connectivity index is 1.78. The SMILES string of the molecule is O=C(O)CC1CCN(C(=O)C2CCOC2)CC1. The van der Waals surface area contributed by atoms with Crippen LogP contribution in [-0.2, 0) is 14.3 Å². The fourth-order valence-electron chi connectivity index (χ4n) is 2.59. The van der Waals surface area contributed by atoms with E-state index in [-0.39, 0.29) is 24.2 Å². The molecule has 0 bridgehead atoms. The maximum Gasteiger partial charge on any atom is 0.303 e. The number of carbonyl (C=O) groups excluding carboxylic acids is 1. The van der Waals surface area contributed by atoms with Crippen molar-refractivity contribution in [3.63, 3.8) is 0 Å². The molecule has 2 aliphatic heterocycles. The quantitative estimate of drug-likeness (QED) is 0.791. The van der Waals surface area contributed by atoms with Gasteiger partial charge in [-0.2, -0.15) is 0 Å². The van der Waals surface area contributed by atoms with Crippen LogP contribution >= 0.6 is 0 Å². The van der Waals surface area contributed by atoms with Crippen molar-refractivity contribution >= 4 is 11.9 Å². The van der Waals surface area contributed by atoms with Gasteiger partial charge in [0.1, 0.15) is 0 Å². The van der Waals surface area contributed by atoms with Gasteiger partial charge >= 0.3 is 5.97 Å². The maximum absolute atomic E-state index is 12.1. The van der Waals surface area contributed by atoms with Crippen LogP contribution in [0.2, 0.25) is 0 Å². The van der Waals surface area contributed by atoms with E-state index >= 15 is 0 Å². The summed E-state index contributed by atoms with van der Waals surface area (Å²) >= 11 is 0. The number of rotatable bonds is 3. The zero-order valence-corrected chi connectivity index (χ0v) is 9.93. The number of nitrogens with zero attached hydrogens (tertiary/aromatic N) is 1. The summed E-state index contributed by atoms with van der Waals surface area (Å²) in [4.78, 5) is 24.5. The van der Waals surface area contributed by atoms with Crippen LogP contribution in [0, 0.1) is 11.8 Å². The van der Waals surface area contributed by atoms with Crippen LogP contribution < -0.4 is 0 Å². The van der Waals surface area contributed by atoms with Gasteiger partial charge in [-0.25, -0.2) is 0 Å². The van der Waals surface area contributed by atoms with Gasteiger partial charge < -0.3 is 14.7 Å². The third-order valence-corrected chi connectivity index (χ3v) is 3.67. The first-order chi connectivity index (χ1) is 8.16. The van der Waals surface area contributed by atoms with Crippen molar-refractivity contribution in [3.05, 3.63) is 0 Å². The first-order valence-corrected chi connectivity index (χ1v) is 6.25. The molecule has 2 aliphatic rings. The second kappa shape index (κ2) is 5.49. The third-order valence-electron chi connectivity index (χ3n) is 3.67. The Morgan fingerprint density at radius 3 is 2.47 bits per heavy atom. The number of likely N-dealkylation sites (tertiary alicyclic amines) is 1. The number of aliphatic carboxylic acids is 1. The Labute approximate surface area is 101 Å². The molecule has 1 amide bonds. The second-order valence-corrected chi connectivity index (χ2v) is 4.93. The molecule has 2 rings (SSSR count). The highest BCUT2D eigenvalue weighted by Crippen LogP contribution is 2.23. The summed E-state index contributed by atoms with van der Waals surface area (Å²) in [6.07, 6.45) is 2.68. The minimum atomic E-state index is -0.737. The van der Waals surface area contributed by atoms with Gasteiger partial charge in [0.2, 0.25) is 5.91 Å². The molecule has 2 heterocycles. The van der Waals surface area contributed by atoms with Crippen molar-refractivity contribution in [1.82, 2.24) is 4.90 Å². The van der Waals surface area contributed by atoms with Crippen molar-refractivity contribution in [3.8, 4) is 0 Å². The van der Waals surface area contributed by atoms with Crippen LogP contribution in [-0.4, -0.2) is 48.2 Å². The molecule has 5 nitrogen and oxygen atoms in total. The first-order valence-electron chi connectivity index (χ1n) is 6.25. The molecule has 17 heavy (non-hydrogen) atoms. The summed E-state index contributed by atoms with van der Waals surface area (Å²) in [5.41, 5.74) is 0. The van der Waals surface area contributed by atoms with Gasteiger partial charge in [-0.3, -0.25) is 9.59 Å². The predicted molar refractivity (Wildman–Crippen MR) is 60.5 cm³/mol. The zero-order valence-electron chi connectivity index (χ0n) is 9.93. The molecule has 5 heteroatoms. The summed E-state index contributed by atoms with van der Waals surface area (Å²) in [6, 6.07) is 0. The van der Waals surface area contributed by atoms with Gasteiger partial charge in [0, 0.05) is 26.1 Å². The number of carboxylic acid groups (broad SMARTS) is 1. The number of carbonyl (C=O) groups is 2. The summed E-state index contributed by atoms with van der Waals surface area (Å²) in [5, 5.41) is 8.72. The Hall–Kier alpha value is -1.10. The van der Waals surface area contributed by atoms with Crippen LogP contribution in [0.5, 0.6) is 0 Å². The molecule has 0 aromatic rings. The fourth-order valence-corrected chi connectivity index (χ4v) is 2.59. The molecule has 96 valence electrons. The van der Waals surface area contributed by atoms with E-state index in [2.05, 4.69) is 0 Å². The Kier molecular flexibility index (Phi) is 3.99. The Bertz CT molecular complexity index is 291. The molecule has 0 aromatic carbocycles. The van der Waals surface area contributed by atoms with Crippen molar-refractivity contribution < 1.29 is 19.4 Å². The topological polar surface area (TPSA) is 66.8 Å². The van der Waals surface area contributed by atoms with Gasteiger partial charge in [0.05, 0.1) is 12.5 Å². The molecule has 1 unspecified atom stereocenters. The summed E-state index contributed by atoms with van der Waals surface area (Å²) in [7, 11) is 0. The number of ether oxygens (including phenoxy) is 1. The molecule has 0 saturated carbocycles. The molecule has 0 spiro atoms. The van der Waals surface area contributed by atoms with Gasteiger partial charge in [0.15, 0.2) is 0 Å². The van der Waals surface area contributed by atoms with E-state index in [0.29, 0.717) is 26.3 Å². The lowest BCUT2D eigenvalue weighted by Crippen LogP contribution is -2.42. The molecule has 1 N–H and O–H groups in total. The Morgan fingerprint density at radius 2 is 1.94 bits per heavy atom. The molecule has 2 fully saturated rings. The highest BCUT2D eigenvalue weighted by atomic mass is 16.5. The lowest BCUT2D eigenvalue weighted by Gasteiger charge is -2.32. The minimum Gasteiger partial charge on any atom is -0.481 e. The largest absolute Gasteiger partial charge is 0.481 e. The van der Waals surface area contributed by atoms with Crippen LogP contribution in [0.1, 0.15) is 25.7 Å². The van der Waals surface area contributed by atoms with E-state index in [9.17, 15) is 9.59 Å². The van der Waals surface area contributed by atoms with Crippen LogP contribution in [0.25, 0.3) is 0 Å². The maximum atomic E-state index is 12.1. The molecular weight excluding hydrogens is 222 g/mol. The van der Waals surface area contributed by atoms with Crippen LogP contribution in [0.4, 0.5) is 0 Å². The van der Waals surface area contributed by atoms with E-state index in [1.807, 2.05) is 4.90 Å². The van der Waals surface area contributed by atoms with Gasteiger partial charge in [-0.05, 0) is 25.2 Å². The second-order valence-electron chi connectivity index (χ2n) is 4.93. The molecule has 2 saturated heterocycles. The van der Waals surface area contributed by atoms with E-state index in [4.69, 9.17) is 9.84 Å². The molecule has 0 aromatic heterocycles. The number of piperidine rings is 1. The van der Waals surface area contributed by atoms with Crippen LogP contribution in [0.3, 0.4) is 0 Å². The van der Waals surface area contributed by atoms with Crippen LogP contribution in [0.15, 0.2) is 0 Å². The zero-order chi connectivity index (χ0) is 12.3. The summed E-state index contributed by atoms with van der Waals surface area (Å²) in [6.45, 7) is 2.64. The molecular formula is C12H19NO4. The number of hydrogen-bond donors (Lipinski definition) is 1. The summed E-state index contributed by atoms with van der Waals surface area (Å²) in [5.74, 6) is -0.280. The number of hydrogen-bond acceptors (Lipinski definition) is 3. The minimum absolute atomic E-state index is 0.0334. The van der Waals surface area contributed by atoms with Crippen molar-refractivity contribution in [2.45, 2.75) is 25.7 Å². The average Bonchev–Trinajstić information content (AvgIpc) is 2.82. The fraction of sp³-hybridized carbons (Fsp3) is 0.833. The number of carboxylic acids is 1. The van der Waals surface area contributed by atoms with E-state index in [0.717, 1.165) is 19.3 Å². The lowest BCUT2D eigenvalue weighted by molar-refractivity contribution is -0.139. The average molecular weight is 241 g/mol. The van der Waals surface area contributed by atoms with E-state index in [1.165, 1.54) is 0 Å². The smallest absolute Gasteiger partial charge is 0.303 e. The molecule has 0 aliphatic carbocycles. The van der Waals surface area contributed by atoms with Gasteiger partial charge in [-0.1, -0.05) is 0 Å². The highest BCUT2D eigenvalue weighted by Gasteiger charge is 2.30. The normalized spacial score (nSPS) is 26.1. The van der Waals surface area contributed by atoms with Gasteiger partial charge in [0.25, 0.3) is 0 Å². The predicted octanol–water partition coefficient (Wildman–Crippen LogP) is 0.736. The first kappa shape index (κ1) is 12.4. The standard InChI is InChI=1S/C12H19NO4/c14-11(15)7-9-1-4-13(5-2-9)12(16)10-3-6-17-8-10/h9-10H,1-8H2,(H,14,15). The lowest BCUT2D eigenvalue weighted by atomic mass is 9.93. The third kappa shape index (κ3) is 3.19. The summed E-state index contributed by atoms with van der Waals surface area (Å²) < 4.78 is 5.22. The highest BCUT2D eigenvalue weighted by molar-refractivity contribution is 5.79. The molecule has 0 radical (unpaired) electrons. The van der Waals surface area contributed by atoms with Crippen molar-refractivity contribution in [2.75, 3.05) is 26.3 Å². The number of amides is 1. The van der Waals surface area contributed by atoms with E-state index in [1.54, 1.807) is 0 Å².